The minimum atomic E-state index is -0.181. The summed E-state index contributed by atoms with van der Waals surface area (Å²) < 4.78 is 0. The molecule has 28 heavy (non-hydrogen) atoms. The van der Waals surface area contributed by atoms with E-state index in [2.05, 4.69) is 17.0 Å². The predicted octanol–water partition coefficient (Wildman–Crippen LogP) is 2.07. The molecule has 0 radical (unpaired) electrons. The van der Waals surface area contributed by atoms with E-state index in [1.165, 1.54) is 10.6 Å². The van der Waals surface area contributed by atoms with Crippen LogP contribution in [0.25, 0.3) is 0 Å². The van der Waals surface area contributed by atoms with Crippen molar-refractivity contribution in [3.8, 4) is 0 Å². The van der Waals surface area contributed by atoms with Gasteiger partial charge in [-0.3, -0.25) is 19.3 Å². The maximum Gasteiger partial charge on any atom is 0.233 e. The van der Waals surface area contributed by atoms with Crippen LogP contribution in [-0.2, 0) is 14.4 Å². The number of anilines is 1. The minimum absolute atomic E-state index is 0.0525. The van der Waals surface area contributed by atoms with Gasteiger partial charge in [-0.05, 0) is 31.4 Å². The fraction of sp³-hybridized carbons (Fsp3) is 0.500. The number of hydrogen-bond donors (Lipinski definition) is 0. The first kappa shape index (κ1) is 18.7. The van der Waals surface area contributed by atoms with Gasteiger partial charge in [0.25, 0.3) is 0 Å². The number of hydrogen-bond acceptors (Lipinski definition) is 4. The number of nitrogens with zero attached hydrogens (tertiary/aromatic N) is 3. The molecule has 148 valence electrons. The molecule has 2 atom stereocenters. The van der Waals surface area contributed by atoms with E-state index < -0.39 is 0 Å². The average molecular weight is 381 g/mol. The smallest absolute Gasteiger partial charge is 0.233 e. The van der Waals surface area contributed by atoms with Gasteiger partial charge in [-0.1, -0.05) is 30.4 Å². The highest BCUT2D eigenvalue weighted by Crippen LogP contribution is 2.35. The summed E-state index contributed by atoms with van der Waals surface area (Å²) in [5.74, 6) is -0.351. The summed E-state index contributed by atoms with van der Waals surface area (Å²) in [5, 5.41) is 0. The molecule has 3 amide bonds. The molecular weight excluding hydrogens is 354 g/mol. The van der Waals surface area contributed by atoms with Crippen molar-refractivity contribution in [2.45, 2.75) is 25.7 Å². The number of para-hydroxylation sites is 1. The van der Waals surface area contributed by atoms with Gasteiger partial charge in [0.15, 0.2) is 0 Å². The van der Waals surface area contributed by atoms with Gasteiger partial charge >= 0.3 is 0 Å². The lowest BCUT2D eigenvalue weighted by molar-refractivity contribution is -0.141. The lowest BCUT2D eigenvalue weighted by Gasteiger charge is -2.36. The van der Waals surface area contributed by atoms with Crippen molar-refractivity contribution in [1.82, 2.24) is 9.80 Å². The minimum Gasteiger partial charge on any atom is -0.368 e. The zero-order valence-corrected chi connectivity index (χ0v) is 16.1. The Kier molecular flexibility index (Phi) is 5.46. The third-order valence-electron chi connectivity index (χ3n) is 6.12. The molecule has 2 fully saturated rings. The molecule has 1 aromatic rings. The van der Waals surface area contributed by atoms with Crippen LogP contribution >= 0.6 is 0 Å². The number of fused-ring (bicyclic) bond motifs is 1. The summed E-state index contributed by atoms with van der Waals surface area (Å²) in [6.07, 6.45) is 6.24. The van der Waals surface area contributed by atoms with Crippen molar-refractivity contribution < 1.29 is 14.4 Å². The number of imide groups is 1. The molecule has 0 unspecified atom stereocenters. The number of carbonyl (C=O) groups excluding carboxylic acids is 3. The summed E-state index contributed by atoms with van der Waals surface area (Å²) in [7, 11) is 0. The zero-order chi connectivity index (χ0) is 19.5. The van der Waals surface area contributed by atoms with Gasteiger partial charge in [-0.25, -0.2) is 0 Å². The zero-order valence-electron chi connectivity index (χ0n) is 16.1. The number of amides is 3. The Morgan fingerprint density at radius 1 is 0.893 bits per heavy atom. The Balaban J connectivity index is 1.22. The lowest BCUT2D eigenvalue weighted by atomic mass is 9.85. The molecule has 4 rings (SSSR count). The average Bonchev–Trinajstić information content (AvgIpc) is 2.99. The van der Waals surface area contributed by atoms with Gasteiger partial charge in [-0.2, -0.15) is 0 Å². The van der Waals surface area contributed by atoms with Crippen LogP contribution in [0.15, 0.2) is 42.5 Å². The second-order valence-electron chi connectivity index (χ2n) is 7.79. The van der Waals surface area contributed by atoms with Crippen LogP contribution in [0, 0.1) is 11.8 Å². The summed E-state index contributed by atoms with van der Waals surface area (Å²) in [4.78, 5) is 43.1. The monoisotopic (exact) mass is 381 g/mol. The molecular formula is C22H27N3O3. The van der Waals surface area contributed by atoms with E-state index in [0.717, 1.165) is 13.1 Å². The molecule has 2 heterocycles. The van der Waals surface area contributed by atoms with E-state index >= 15 is 0 Å². The molecule has 0 aromatic heterocycles. The Hall–Kier alpha value is -2.63. The maximum absolute atomic E-state index is 12.5. The summed E-state index contributed by atoms with van der Waals surface area (Å²) in [6, 6.07) is 10.2. The van der Waals surface area contributed by atoms with E-state index in [1.807, 2.05) is 35.3 Å². The van der Waals surface area contributed by atoms with Crippen LogP contribution in [0.1, 0.15) is 25.7 Å². The fourth-order valence-electron chi connectivity index (χ4n) is 4.49. The normalized spacial score (nSPS) is 24.6. The molecule has 1 aromatic carbocycles. The number of carbonyl (C=O) groups is 3. The highest BCUT2D eigenvalue weighted by Gasteiger charge is 2.46. The van der Waals surface area contributed by atoms with Crippen molar-refractivity contribution in [3.05, 3.63) is 42.5 Å². The molecule has 2 aliphatic heterocycles. The highest BCUT2D eigenvalue weighted by molar-refractivity contribution is 6.05. The number of piperazine rings is 1. The highest BCUT2D eigenvalue weighted by atomic mass is 16.2. The standard InChI is InChI=1S/C22H27N3O3/c26-20(24-15-13-23(14-16-24)17-7-2-1-3-8-17)11-6-12-25-21(27)18-9-4-5-10-19(18)22(25)28/h1-5,7-8,18-19H,6,9-16H2/t18-,19-/m1/s1. The second kappa shape index (κ2) is 8.17. The molecule has 0 N–H and O–H groups in total. The Morgan fingerprint density at radius 2 is 1.50 bits per heavy atom. The van der Waals surface area contributed by atoms with Gasteiger partial charge in [0.05, 0.1) is 11.8 Å². The first-order valence-corrected chi connectivity index (χ1v) is 10.2. The molecule has 2 saturated heterocycles. The molecule has 6 heteroatoms. The van der Waals surface area contributed by atoms with Crippen LogP contribution in [0.4, 0.5) is 5.69 Å². The van der Waals surface area contributed by atoms with Gasteiger partial charge in [0.1, 0.15) is 0 Å². The Labute approximate surface area is 165 Å². The quantitative estimate of drug-likeness (QED) is 0.579. The Bertz CT molecular complexity index is 742. The van der Waals surface area contributed by atoms with Gasteiger partial charge in [0.2, 0.25) is 17.7 Å². The number of benzene rings is 1. The van der Waals surface area contributed by atoms with Crippen molar-refractivity contribution in [2.24, 2.45) is 11.8 Å². The van der Waals surface area contributed by atoms with Crippen molar-refractivity contribution in [2.75, 3.05) is 37.6 Å². The van der Waals surface area contributed by atoms with E-state index in [1.54, 1.807) is 0 Å². The van der Waals surface area contributed by atoms with Crippen LogP contribution in [0.5, 0.6) is 0 Å². The van der Waals surface area contributed by atoms with Gasteiger partial charge in [0, 0.05) is 44.8 Å². The molecule has 0 bridgehead atoms. The molecule has 0 saturated carbocycles. The van der Waals surface area contributed by atoms with Crippen molar-refractivity contribution in [3.63, 3.8) is 0 Å². The third-order valence-corrected chi connectivity index (χ3v) is 6.12. The van der Waals surface area contributed by atoms with E-state index in [0.29, 0.717) is 45.3 Å². The first-order valence-electron chi connectivity index (χ1n) is 10.2. The molecule has 0 spiro atoms. The van der Waals surface area contributed by atoms with Crippen LogP contribution < -0.4 is 4.90 Å². The van der Waals surface area contributed by atoms with E-state index in [4.69, 9.17) is 0 Å². The van der Waals surface area contributed by atoms with Gasteiger partial charge in [-0.15, -0.1) is 0 Å². The van der Waals surface area contributed by atoms with Crippen molar-refractivity contribution >= 4 is 23.4 Å². The first-order chi connectivity index (χ1) is 13.6. The fourth-order valence-corrected chi connectivity index (χ4v) is 4.49. The lowest BCUT2D eigenvalue weighted by Crippen LogP contribution is -2.48. The maximum atomic E-state index is 12.5. The van der Waals surface area contributed by atoms with E-state index in [9.17, 15) is 14.4 Å². The number of allylic oxidation sites excluding steroid dienone is 2. The van der Waals surface area contributed by atoms with Crippen LogP contribution in [0.3, 0.4) is 0 Å². The van der Waals surface area contributed by atoms with Crippen LogP contribution in [-0.4, -0.2) is 60.2 Å². The van der Waals surface area contributed by atoms with Crippen LogP contribution in [0.2, 0.25) is 0 Å². The molecule has 3 aliphatic rings. The molecule has 1 aliphatic carbocycles. The summed E-state index contributed by atoms with van der Waals surface area (Å²) >= 11 is 0. The topological polar surface area (TPSA) is 60.9 Å². The largest absolute Gasteiger partial charge is 0.368 e. The number of rotatable bonds is 5. The molecule has 6 nitrogen and oxygen atoms in total. The predicted molar refractivity (Wildman–Crippen MR) is 107 cm³/mol. The van der Waals surface area contributed by atoms with Crippen molar-refractivity contribution in [1.29, 1.82) is 0 Å². The second-order valence-corrected chi connectivity index (χ2v) is 7.79. The van der Waals surface area contributed by atoms with Gasteiger partial charge < -0.3 is 9.80 Å². The number of likely N-dealkylation sites (tertiary alicyclic amines) is 1. The Morgan fingerprint density at radius 3 is 2.11 bits per heavy atom. The summed E-state index contributed by atoms with van der Waals surface area (Å²) in [6.45, 7) is 3.45. The van der Waals surface area contributed by atoms with E-state index in [-0.39, 0.29) is 29.6 Å². The third kappa shape index (κ3) is 3.68. The SMILES string of the molecule is O=C(CCCN1C(=O)[C@@H]2CC=CC[C@H]2C1=O)N1CCN(c2ccccc2)CC1. The summed E-state index contributed by atoms with van der Waals surface area (Å²) in [5.41, 5.74) is 1.19.